The quantitative estimate of drug-likeness (QED) is 0.433. The number of carbonyl (C=O) groups is 2. The van der Waals surface area contributed by atoms with Crippen LogP contribution in [-0.2, 0) is 9.59 Å². The SMILES string of the molecule is O=C1[C@@H]2[C@H]3C=CC(C3)[C@@H]2C(=O)N1c1ccc(-c2ncc3cccc(Br)c3n2)cc1. The van der Waals surface area contributed by atoms with E-state index in [9.17, 15) is 9.59 Å². The average Bonchev–Trinajstić information content (AvgIpc) is 3.42. The molecule has 0 N–H and O–H groups in total. The first-order valence-corrected chi connectivity index (χ1v) is 10.5. The second-order valence-corrected chi connectivity index (χ2v) is 8.78. The highest BCUT2D eigenvalue weighted by molar-refractivity contribution is 9.10. The fourth-order valence-electron chi connectivity index (χ4n) is 5.08. The minimum absolute atomic E-state index is 0.0597. The molecule has 1 unspecified atom stereocenters. The van der Waals surface area contributed by atoms with Gasteiger partial charge in [0, 0.05) is 21.6 Å². The number of allylic oxidation sites excluding steroid dienone is 2. The second-order valence-electron chi connectivity index (χ2n) is 7.93. The third kappa shape index (κ3) is 2.38. The molecule has 2 aliphatic carbocycles. The zero-order valence-corrected chi connectivity index (χ0v) is 16.9. The van der Waals surface area contributed by atoms with E-state index in [2.05, 4.69) is 38.0 Å². The number of carbonyl (C=O) groups excluding carboxylic acids is 2. The van der Waals surface area contributed by atoms with Gasteiger partial charge in [-0.25, -0.2) is 9.97 Å². The maximum atomic E-state index is 13.0. The molecule has 0 radical (unpaired) electrons. The van der Waals surface area contributed by atoms with Crippen molar-refractivity contribution in [3.63, 3.8) is 0 Å². The number of para-hydroxylation sites is 1. The van der Waals surface area contributed by atoms with E-state index >= 15 is 0 Å². The number of hydrogen-bond acceptors (Lipinski definition) is 4. The molecule has 0 spiro atoms. The van der Waals surface area contributed by atoms with Crippen LogP contribution < -0.4 is 4.90 Å². The summed E-state index contributed by atoms with van der Waals surface area (Å²) in [7, 11) is 0. The van der Waals surface area contributed by atoms with Crippen LogP contribution in [0.4, 0.5) is 5.69 Å². The van der Waals surface area contributed by atoms with Crippen LogP contribution in [0.3, 0.4) is 0 Å². The topological polar surface area (TPSA) is 63.2 Å². The van der Waals surface area contributed by atoms with E-state index in [-0.39, 0.29) is 35.5 Å². The van der Waals surface area contributed by atoms with Crippen molar-refractivity contribution < 1.29 is 9.59 Å². The van der Waals surface area contributed by atoms with Gasteiger partial charge in [-0.05, 0) is 64.5 Å². The number of hydrogen-bond donors (Lipinski definition) is 0. The molecule has 29 heavy (non-hydrogen) atoms. The minimum Gasteiger partial charge on any atom is -0.274 e. The molecule has 1 saturated heterocycles. The van der Waals surface area contributed by atoms with Crippen molar-refractivity contribution in [1.82, 2.24) is 9.97 Å². The summed E-state index contributed by atoms with van der Waals surface area (Å²) in [6, 6.07) is 13.2. The zero-order valence-electron chi connectivity index (χ0n) is 15.3. The Morgan fingerprint density at radius 3 is 2.31 bits per heavy atom. The Kier molecular flexibility index (Phi) is 3.56. The Bertz CT molecular complexity index is 1190. The predicted octanol–water partition coefficient (Wildman–Crippen LogP) is 4.37. The van der Waals surface area contributed by atoms with Crippen LogP contribution in [0, 0.1) is 23.7 Å². The van der Waals surface area contributed by atoms with E-state index < -0.39 is 0 Å². The highest BCUT2D eigenvalue weighted by atomic mass is 79.9. The Morgan fingerprint density at radius 1 is 0.931 bits per heavy atom. The summed E-state index contributed by atoms with van der Waals surface area (Å²) in [4.78, 5) is 36.4. The van der Waals surface area contributed by atoms with E-state index in [1.807, 2.05) is 42.5 Å². The second kappa shape index (κ2) is 6.07. The van der Waals surface area contributed by atoms with Crippen LogP contribution in [0.2, 0.25) is 0 Å². The van der Waals surface area contributed by atoms with Crippen molar-refractivity contribution in [2.24, 2.45) is 23.7 Å². The Hall–Kier alpha value is -2.86. The van der Waals surface area contributed by atoms with Crippen LogP contribution in [0.1, 0.15) is 6.42 Å². The van der Waals surface area contributed by atoms with E-state index in [1.54, 1.807) is 6.20 Å². The number of amides is 2. The fourth-order valence-corrected chi connectivity index (χ4v) is 5.55. The molecule has 6 heteroatoms. The van der Waals surface area contributed by atoms with Crippen molar-refractivity contribution in [2.45, 2.75) is 6.42 Å². The Labute approximate surface area is 175 Å². The Balaban J connectivity index is 1.33. The molecular weight excluding hydrogens is 430 g/mol. The van der Waals surface area contributed by atoms with E-state index in [0.29, 0.717) is 11.5 Å². The number of nitrogens with zero attached hydrogens (tertiary/aromatic N) is 3. The molecule has 6 rings (SSSR count). The van der Waals surface area contributed by atoms with Crippen molar-refractivity contribution in [1.29, 1.82) is 0 Å². The molecule has 2 fully saturated rings. The van der Waals surface area contributed by atoms with Gasteiger partial charge in [-0.2, -0.15) is 0 Å². The molecule has 1 aliphatic heterocycles. The highest BCUT2D eigenvalue weighted by Crippen LogP contribution is 2.53. The summed E-state index contributed by atoms with van der Waals surface area (Å²) >= 11 is 3.53. The number of anilines is 1. The molecule has 1 aromatic heterocycles. The van der Waals surface area contributed by atoms with Crippen molar-refractivity contribution in [2.75, 3.05) is 4.90 Å². The normalized spacial score (nSPS) is 27.3. The van der Waals surface area contributed by atoms with Gasteiger partial charge in [-0.15, -0.1) is 0 Å². The molecule has 3 aliphatic rings. The molecule has 1 saturated carbocycles. The highest BCUT2D eigenvalue weighted by Gasteiger charge is 2.59. The summed E-state index contributed by atoms with van der Waals surface area (Å²) in [5, 5.41) is 0.961. The molecular formula is C23H16BrN3O2. The maximum absolute atomic E-state index is 13.0. The third-order valence-electron chi connectivity index (χ3n) is 6.42. The van der Waals surface area contributed by atoms with E-state index in [4.69, 9.17) is 0 Å². The number of benzene rings is 2. The molecule has 2 heterocycles. The van der Waals surface area contributed by atoms with Crippen LogP contribution in [0.5, 0.6) is 0 Å². The monoisotopic (exact) mass is 445 g/mol. The third-order valence-corrected chi connectivity index (χ3v) is 7.06. The molecule has 5 nitrogen and oxygen atoms in total. The molecule has 2 aromatic carbocycles. The Morgan fingerprint density at radius 2 is 1.62 bits per heavy atom. The van der Waals surface area contributed by atoms with Gasteiger partial charge >= 0.3 is 0 Å². The van der Waals surface area contributed by atoms with Crippen molar-refractivity contribution >= 4 is 44.3 Å². The van der Waals surface area contributed by atoms with Gasteiger partial charge in [0.1, 0.15) is 0 Å². The van der Waals surface area contributed by atoms with Gasteiger partial charge in [0.15, 0.2) is 5.82 Å². The van der Waals surface area contributed by atoms with Gasteiger partial charge < -0.3 is 0 Å². The van der Waals surface area contributed by atoms with E-state index in [0.717, 1.165) is 27.4 Å². The lowest BCUT2D eigenvalue weighted by atomic mass is 9.85. The molecule has 142 valence electrons. The van der Waals surface area contributed by atoms with Gasteiger partial charge in [-0.3, -0.25) is 14.5 Å². The minimum atomic E-state index is -0.182. The van der Waals surface area contributed by atoms with Crippen LogP contribution in [0.25, 0.3) is 22.3 Å². The van der Waals surface area contributed by atoms with Crippen molar-refractivity contribution in [3.05, 3.63) is 65.3 Å². The van der Waals surface area contributed by atoms with E-state index in [1.165, 1.54) is 4.90 Å². The van der Waals surface area contributed by atoms with Gasteiger partial charge in [-0.1, -0.05) is 24.3 Å². The number of rotatable bonds is 2. The number of halogens is 1. The molecule has 2 amide bonds. The number of aromatic nitrogens is 2. The zero-order chi connectivity index (χ0) is 19.7. The summed E-state index contributed by atoms with van der Waals surface area (Å²) in [6.45, 7) is 0. The number of fused-ring (bicyclic) bond motifs is 6. The largest absolute Gasteiger partial charge is 0.274 e. The van der Waals surface area contributed by atoms with Crippen molar-refractivity contribution in [3.8, 4) is 11.4 Å². The molecule has 4 atom stereocenters. The fraction of sp³-hybridized carbons (Fsp3) is 0.217. The number of imide groups is 1. The first-order valence-electron chi connectivity index (χ1n) is 9.69. The summed E-state index contributed by atoms with van der Waals surface area (Å²) in [5.74, 6) is 0.558. The first kappa shape index (κ1) is 17.0. The average molecular weight is 446 g/mol. The van der Waals surface area contributed by atoms with Crippen LogP contribution in [-0.4, -0.2) is 21.8 Å². The lowest BCUT2D eigenvalue weighted by molar-refractivity contribution is -0.123. The van der Waals surface area contributed by atoms with Crippen LogP contribution in [0.15, 0.2) is 65.3 Å². The lowest BCUT2D eigenvalue weighted by Gasteiger charge is -2.17. The predicted molar refractivity (Wildman–Crippen MR) is 113 cm³/mol. The first-order chi connectivity index (χ1) is 14.1. The smallest absolute Gasteiger partial charge is 0.238 e. The summed E-state index contributed by atoms with van der Waals surface area (Å²) in [6.07, 6.45) is 6.96. The maximum Gasteiger partial charge on any atom is 0.238 e. The van der Waals surface area contributed by atoms with Gasteiger partial charge in [0.25, 0.3) is 0 Å². The molecule has 2 bridgehead atoms. The van der Waals surface area contributed by atoms with Gasteiger partial charge in [0.2, 0.25) is 11.8 Å². The summed E-state index contributed by atoms with van der Waals surface area (Å²) in [5.41, 5.74) is 2.31. The molecule has 3 aromatic rings. The summed E-state index contributed by atoms with van der Waals surface area (Å²) < 4.78 is 0.915. The van der Waals surface area contributed by atoms with Crippen LogP contribution >= 0.6 is 15.9 Å². The standard InChI is InChI=1S/C23H16BrN3O2/c24-17-3-1-2-15-11-25-21(26-20(15)17)12-6-8-16(9-7-12)27-22(28)18-13-4-5-14(10-13)19(18)23(27)29/h1-9,11,13-14,18-19H,10H2/t13-,14?,18+,19-/m0/s1. The lowest BCUT2D eigenvalue weighted by Crippen LogP contribution is -2.32. The van der Waals surface area contributed by atoms with Gasteiger partial charge in [0.05, 0.1) is 23.0 Å².